The molecule has 0 aromatic rings. The van der Waals surface area contributed by atoms with Crippen molar-refractivity contribution in [2.24, 2.45) is 17.6 Å². The Bertz CT molecular complexity index is 259. The number of rotatable bonds is 6. The monoisotopic (exact) mass is 264 g/mol. The van der Waals surface area contributed by atoms with E-state index >= 15 is 0 Å². The van der Waals surface area contributed by atoms with Gasteiger partial charge in [0.15, 0.2) is 0 Å². The average molecular weight is 264 g/mol. The van der Waals surface area contributed by atoms with E-state index < -0.39 is 0 Å². The van der Waals surface area contributed by atoms with Gasteiger partial charge in [0.2, 0.25) is 0 Å². The Morgan fingerprint density at radius 2 is 1.26 bits per heavy atom. The quantitative estimate of drug-likeness (QED) is 0.795. The molecule has 0 amide bonds. The van der Waals surface area contributed by atoms with Crippen LogP contribution in [0.25, 0.3) is 0 Å². The third-order valence-electron chi connectivity index (χ3n) is 5.69. The van der Waals surface area contributed by atoms with Crippen molar-refractivity contribution < 1.29 is 0 Å². The van der Waals surface area contributed by atoms with E-state index in [0.717, 1.165) is 18.4 Å². The largest absolute Gasteiger partial charge is 0.329 e. The number of nitrogens with two attached hydrogens (primary N) is 1. The van der Waals surface area contributed by atoms with Crippen LogP contribution >= 0.6 is 0 Å². The molecule has 3 aliphatic carbocycles. The van der Waals surface area contributed by atoms with E-state index in [4.69, 9.17) is 5.73 Å². The summed E-state index contributed by atoms with van der Waals surface area (Å²) in [5.74, 6) is 2.01. The van der Waals surface area contributed by atoms with E-state index in [0.29, 0.717) is 5.54 Å². The average Bonchev–Trinajstić information content (AvgIpc) is 3.24. The zero-order valence-electron chi connectivity index (χ0n) is 12.6. The highest BCUT2D eigenvalue weighted by atomic mass is 15.2. The number of nitrogens with zero attached hydrogens (tertiary/aromatic N) is 1. The van der Waals surface area contributed by atoms with Crippen LogP contribution in [0.15, 0.2) is 0 Å². The summed E-state index contributed by atoms with van der Waals surface area (Å²) in [6.45, 7) is 3.60. The summed E-state index contributed by atoms with van der Waals surface area (Å²) in [5, 5.41) is 0. The molecule has 0 spiro atoms. The van der Waals surface area contributed by atoms with E-state index in [1.165, 1.54) is 83.7 Å². The second-order valence-electron chi connectivity index (χ2n) is 7.49. The molecule has 19 heavy (non-hydrogen) atoms. The fourth-order valence-corrected chi connectivity index (χ4v) is 3.90. The highest BCUT2D eigenvalue weighted by Crippen LogP contribution is 2.40. The lowest BCUT2D eigenvalue weighted by molar-refractivity contribution is 0.0571. The first-order valence-corrected chi connectivity index (χ1v) is 8.77. The van der Waals surface area contributed by atoms with E-state index in [-0.39, 0.29) is 0 Å². The van der Waals surface area contributed by atoms with Crippen molar-refractivity contribution in [2.75, 3.05) is 19.6 Å². The lowest BCUT2D eigenvalue weighted by atomic mass is 9.82. The number of hydrogen-bond donors (Lipinski definition) is 1. The van der Waals surface area contributed by atoms with Crippen LogP contribution in [0.1, 0.15) is 70.6 Å². The Morgan fingerprint density at radius 1 is 0.789 bits per heavy atom. The molecule has 0 aromatic heterocycles. The van der Waals surface area contributed by atoms with E-state index in [9.17, 15) is 0 Å². The molecule has 110 valence electrons. The molecule has 3 rings (SSSR count). The van der Waals surface area contributed by atoms with Gasteiger partial charge in [0, 0.05) is 25.2 Å². The van der Waals surface area contributed by atoms with Crippen LogP contribution in [0.4, 0.5) is 0 Å². The minimum absolute atomic E-state index is 0.367. The normalized spacial score (nSPS) is 28.1. The molecule has 0 saturated heterocycles. The predicted octanol–water partition coefficient (Wildman–Crippen LogP) is 3.55. The fourth-order valence-electron chi connectivity index (χ4n) is 3.90. The summed E-state index contributed by atoms with van der Waals surface area (Å²) in [7, 11) is 0. The second-order valence-corrected chi connectivity index (χ2v) is 7.49. The first kappa shape index (κ1) is 13.9. The number of hydrogen-bond acceptors (Lipinski definition) is 2. The van der Waals surface area contributed by atoms with Crippen molar-refractivity contribution in [1.82, 2.24) is 4.90 Å². The van der Waals surface area contributed by atoms with Gasteiger partial charge in [0.25, 0.3) is 0 Å². The molecule has 0 radical (unpaired) electrons. The summed E-state index contributed by atoms with van der Waals surface area (Å²) in [4.78, 5) is 2.87. The maximum Gasteiger partial charge on any atom is 0.0331 e. The zero-order valence-corrected chi connectivity index (χ0v) is 12.6. The van der Waals surface area contributed by atoms with Gasteiger partial charge in [-0.3, -0.25) is 4.90 Å². The lowest BCUT2D eigenvalue weighted by Gasteiger charge is -2.45. The van der Waals surface area contributed by atoms with Gasteiger partial charge in [-0.15, -0.1) is 0 Å². The van der Waals surface area contributed by atoms with Crippen molar-refractivity contribution in [3.63, 3.8) is 0 Å². The van der Waals surface area contributed by atoms with Crippen LogP contribution in [0.5, 0.6) is 0 Å². The Hall–Kier alpha value is -0.0800. The summed E-state index contributed by atoms with van der Waals surface area (Å²) in [5.41, 5.74) is 6.68. The lowest BCUT2D eigenvalue weighted by Crippen LogP contribution is -2.55. The van der Waals surface area contributed by atoms with Crippen LogP contribution in [-0.2, 0) is 0 Å². The maximum absolute atomic E-state index is 6.31. The second kappa shape index (κ2) is 6.13. The summed E-state index contributed by atoms with van der Waals surface area (Å²) >= 11 is 0. The highest BCUT2D eigenvalue weighted by Gasteiger charge is 2.40. The first-order valence-electron chi connectivity index (χ1n) is 8.77. The Balaban J connectivity index is 1.68. The smallest absolute Gasteiger partial charge is 0.0331 e. The summed E-state index contributed by atoms with van der Waals surface area (Å²) < 4.78 is 0. The van der Waals surface area contributed by atoms with Crippen LogP contribution < -0.4 is 5.73 Å². The van der Waals surface area contributed by atoms with Crippen molar-refractivity contribution in [2.45, 2.75) is 76.2 Å². The van der Waals surface area contributed by atoms with Crippen LogP contribution in [-0.4, -0.2) is 30.1 Å². The standard InChI is InChI=1S/C17H32N2/c18-14-17(10-4-2-1-3-5-11-17)19(12-15-6-7-15)13-16-8-9-16/h15-16H,1-14,18H2. The Labute approximate surface area is 119 Å². The van der Waals surface area contributed by atoms with Gasteiger partial charge in [0.1, 0.15) is 0 Å². The molecule has 0 aliphatic heterocycles. The van der Waals surface area contributed by atoms with E-state index in [2.05, 4.69) is 4.90 Å². The minimum atomic E-state index is 0.367. The maximum atomic E-state index is 6.31. The van der Waals surface area contributed by atoms with Crippen molar-refractivity contribution in [1.29, 1.82) is 0 Å². The molecule has 2 N–H and O–H groups in total. The van der Waals surface area contributed by atoms with Gasteiger partial charge in [-0.05, 0) is 50.4 Å². The van der Waals surface area contributed by atoms with Crippen molar-refractivity contribution >= 4 is 0 Å². The van der Waals surface area contributed by atoms with Gasteiger partial charge in [-0.25, -0.2) is 0 Å². The van der Waals surface area contributed by atoms with E-state index in [1.54, 1.807) is 0 Å². The van der Waals surface area contributed by atoms with Crippen LogP contribution in [0.3, 0.4) is 0 Å². The Kier molecular flexibility index (Phi) is 4.48. The van der Waals surface area contributed by atoms with Crippen LogP contribution in [0, 0.1) is 11.8 Å². The molecular weight excluding hydrogens is 232 g/mol. The molecule has 2 heteroatoms. The molecule has 0 unspecified atom stereocenters. The van der Waals surface area contributed by atoms with E-state index in [1.807, 2.05) is 0 Å². The molecule has 2 nitrogen and oxygen atoms in total. The van der Waals surface area contributed by atoms with Gasteiger partial charge in [-0.2, -0.15) is 0 Å². The topological polar surface area (TPSA) is 29.3 Å². The molecule has 3 saturated carbocycles. The third kappa shape index (κ3) is 3.72. The minimum Gasteiger partial charge on any atom is -0.329 e. The van der Waals surface area contributed by atoms with Gasteiger partial charge >= 0.3 is 0 Å². The zero-order chi connectivity index (χ0) is 13.1. The van der Waals surface area contributed by atoms with Crippen molar-refractivity contribution in [3.05, 3.63) is 0 Å². The molecule has 3 fully saturated rings. The molecule has 0 bridgehead atoms. The molecule has 0 aromatic carbocycles. The third-order valence-corrected chi connectivity index (χ3v) is 5.69. The SMILES string of the molecule is NCC1(N(CC2CC2)CC2CC2)CCCCCCC1. The fraction of sp³-hybridized carbons (Fsp3) is 1.00. The Morgan fingerprint density at radius 3 is 1.68 bits per heavy atom. The summed E-state index contributed by atoms with van der Waals surface area (Å²) in [6.07, 6.45) is 15.8. The van der Waals surface area contributed by atoms with Crippen LogP contribution in [0.2, 0.25) is 0 Å². The van der Waals surface area contributed by atoms with Gasteiger partial charge < -0.3 is 5.73 Å². The molecule has 0 atom stereocenters. The van der Waals surface area contributed by atoms with Crippen molar-refractivity contribution in [3.8, 4) is 0 Å². The molecular formula is C17H32N2. The molecule has 0 heterocycles. The van der Waals surface area contributed by atoms with Gasteiger partial charge in [-0.1, -0.05) is 32.1 Å². The first-order chi connectivity index (χ1) is 9.32. The molecule has 3 aliphatic rings. The summed E-state index contributed by atoms with van der Waals surface area (Å²) in [6, 6.07) is 0. The van der Waals surface area contributed by atoms with Gasteiger partial charge in [0.05, 0.1) is 0 Å². The predicted molar refractivity (Wildman–Crippen MR) is 81.1 cm³/mol. The highest BCUT2D eigenvalue weighted by molar-refractivity contribution is 4.96.